The maximum absolute atomic E-state index is 10.4. The summed E-state index contributed by atoms with van der Waals surface area (Å²) in [6, 6.07) is 6.16. The van der Waals surface area contributed by atoms with Crippen LogP contribution in [0.5, 0.6) is 0 Å². The van der Waals surface area contributed by atoms with Crippen molar-refractivity contribution < 1.29 is 10.1 Å². The Morgan fingerprint density at radius 1 is 1.50 bits per heavy atom. The first-order valence-corrected chi connectivity index (χ1v) is 4.54. The van der Waals surface area contributed by atoms with Crippen LogP contribution in [0, 0.1) is 10.1 Å². The Kier molecular flexibility index (Phi) is 4.22. The molecule has 0 heterocycles. The third-order valence-electron chi connectivity index (χ3n) is 1.91. The van der Waals surface area contributed by atoms with Crippen LogP contribution < -0.4 is 11.1 Å². The Balaban J connectivity index is 2.47. The van der Waals surface area contributed by atoms with Crippen molar-refractivity contribution in [2.75, 3.05) is 6.54 Å². The number of hydrogen-bond acceptors (Lipinski definition) is 5. The van der Waals surface area contributed by atoms with Crippen molar-refractivity contribution in [2.45, 2.75) is 6.54 Å². The van der Waals surface area contributed by atoms with Crippen LogP contribution in [0.3, 0.4) is 0 Å². The van der Waals surface area contributed by atoms with Gasteiger partial charge in [0.15, 0.2) is 5.84 Å². The van der Waals surface area contributed by atoms with Gasteiger partial charge in [0.2, 0.25) is 0 Å². The predicted molar refractivity (Wildman–Crippen MR) is 58.2 cm³/mol. The molecule has 0 saturated carbocycles. The minimum atomic E-state index is -0.451. The van der Waals surface area contributed by atoms with Gasteiger partial charge >= 0.3 is 0 Å². The molecule has 16 heavy (non-hydrogen) atoms. The Labute approximate surface area is 91.7 Å². The number of nitro benzene ring substituents is 1. The standard InChI is InChI=1S/C9H12N4O3/c10-9(12-14)6-11-5-7-1-3-8(4-2-7)13(15)16/h1-4,11,14H,5-6H2,(H2,10,12). The number of benzene rings is 1. The number of non-ortho nitro benzene ring substituents is 1. The van der Waals surface area contributed by atoms with Crippen molar-refractivity contribution in [1.29, 1.82) is 0 Å². The molecule has 0 aliphatic rings. The second kappa shape index (κ2) is 5.66. The molecule has 0 bridgehead atoms. The zero-order chi connectivity index (χ0) is 12.0. The normalized spacial score (nSPS) is 11.4. The maximum Gasteiger partial charge on any atom is 0.269 e. The Morgan fingerprint density at radius 2 is 2.12 bits per heavy atom. The molecule has 0 radical (unpaired) electrons. The van der Waals surface area contributed by atoms with Crippen LogP contribution in [-0.2, 0) is 6.54 Å². The van der Waals surface area contributed by atoms with Crippen LogP contribution in [0.15, 0.2) is 29.4 Å². The van der Waals surface area contributed by atoms with E-state index in [0.717, 1.165) is 5.56 Å². The summed E-state index contributed by atoms with van der Waals surface area (Å²) in [4.78, 5) is 9.93. The van der Waals surface area contributed by atoms with Gasteiger partial charge in [-0.05, 0) is 5.56 Å². The third-order valence-corrected chi connectivity index (χ3v) is 1.91. The van der Waals surface area contributed by atoms with Gasteiger partial charge in [-0.3, -0.25) is 10.1 Å². The van der Waals surface area contributed by atoms with Gasteiger partial charge < -0.3 is 16.3 Å². The van der Waals surface area contributed by atoms with Gasteiger partial charge in [-0.25, -0.2) is 0 Å². The fourth-order valence-electron chi connectivity index (χ4n) is 1.11. The van der Waals surface area contributed by atoms with E-state index < -0.39 is 4.92 Å². The fraction of sp³-hybridized carbons (Fsp3) is 0.222. The topological polar surface area (TPSA) is 114 Å². The Morgan fingerprint density at radius 3 is 2.62 bits per heavy atom. The number of oxime groups is 1. The predicted octanol–water partition coefficient (Wildman–Crippen LogP) is 0.431. The molecule has 7 heteroatoms. The monoisotopic (exact) mass is 224 g/mol. The van der Waals surface area contributed by atoms with E-state index in [4.69, 9.17) is 10.9 Å². The van der Waals surface area contributed by atoms with Gasteiger partial charge in [-0.15, -0.1) is 0 Å². The summed E-state index contributed by atoms with van der Waals surface area (Å²) in [6.45, 7) is 0.752. The molecule has 0 unspecified atom stereocenters. The lowest BCUT2D eigenvalue weighted by atomic mass is 10.2. The average molecular weight is 224 g/mol. The molecule has 0 saturated heterocycles. The van der Waals surface area contributed by atoms with Crippen LogP contribution in [-0.4, -0.2) is 22.5 Å². The molecule has 86 valence electrons. The van der Waals surface area contributed by atoms with E-state index in [-0.39, 0.29) is 18.1 Å². The summed E-state index contributed by atoms with van der Waals surface area (Å²) in [6.07, 6.45) is 0. The first kappa shape index (κ1) is 11.9. The molecule has 0 fully saturated rings. The number of nitrogens with two attached hydrogens (primary N) is 1. The Hall–Kier alpha value is -2.15. The molecule has 4 N–H and O–H groups in total. The smallest absolute Gasteiger partial charge is 0.269 e. The number of nitrogens with one attached hydrogen (secondary N) is 1. The molecule has 0 aliphatic carbocycles. The van der Waals surface area contributed by atoms with Gasteiger partial charge in [0.05, 0.1) is 11.5 Å². The Bertz CT molecular complexity index is 388. The van der Waals surface area contributed by atoms with E-state index in [2.05, 4.69) is 10.5 Å². The molecule has 0 aliphatic heterocycles. The molecular weight excluding hydrogens is 212 g/mol. The second-order valence-electron chi connectivity index (χ2n) is 3.12. The highest BCUT2D eigenvalue weighted by Gasteiger charge is 2.03. The largest absolute Gasteiger partial charge is 0.409 e. The lowest BCUT2D eigenvalue weighted by molar-refractivity contribution is -0.384. The van der Waals surface area contributed by atoms with E-state index in [1.54, 1.807) is 12.1 Å². The van der Waals surface area contributed by atoms with Crippen molar-refractivity contribution in [2.24, 2.45) is 10.9 Å². The van der Waals surface area contributed by atoms with Crippen LogP contribution in [0.2, 0.25) is 0 Å². The third kappa shape index (κ3) is 3.54. The maximum atomic E-state index is 10.4. The summed E-state index contributed by atoms with van der Waals surface area (Å²) >= 11 is 0. The van der Waals surface area contributed by atoms with Gasteiger partial charge in [-0.1, -0.05) is 17.3 Å². The number of rotatable bonds is 5. The van der Waals surface area contributed by atoms with E-state index in [0.29, 0.717) is 6.54 Å². The SMILES string of the molecule is NC(CNCc1ccc([N+](=O)[O-])cc1)=NO. The molecule has 1 aromatic rings. The highest BCUT2D eigenvalue weighted by Crippen LogP contribution is 2.11. The highest BCUT2D eigenvalue weighted by atomic mass is 16.6. The van der Waals surface area contributed by atoms with E-state index in [1.807, 2.05) is 0 Å². The van der Waals surface area contributed by atoms with Gasteiger partial charge in [0.25, 0.3) is 5.69 Å². The zero-order valence-corrected chi connectivity index (χ0v) is 8.46. The quantitative estimate of drug-likeness (QED) is 0.220. The number of amidine groups is 1. The van der Waals surface area contributed by atoms with Crippen molar-refractivity contribution in [3.8, 4) is 0 Å². The first-order valence-electron chi connectivity index (χ1n) is 4.54. The average Bonchev–Trinajstić information content (AvgIpc) is 2.29. The summed E-state index contributed by atoms with van der Waals surface area (Å²) in [5.74, 6) is 0.0851. The highest BCUT2D eigenvalue weighted by molar-refractivity contribution is 5.81. The van der Waals surface area contributed by atoms with Crippen molar-refractivity contribution in [3.05, 3.63) is 39.9 Å². The van der Waals surface area contributed by atoms with E-state index in [1.165, 1.54) is 12.1 Å². The summed E-state index contributed by atoms with van der Waals surface area (Å²) in [5, 5.41) is 24.4. The van der Waals surface area contributed by atoms with Crippen LogP contribution in [0.1, 0.15) is 5.56 Å². The molecule has 0 atom stereocenters. The fourth-order valence-corrected chi connectivity index (χ4v) is 1.11. The zero-order valence-electron chi connectivity index (χ0n) is 8.46. The summed E-state index contributed by atoms with van der Waals surface area (Å²) in [5.41, 5.74) is 6.19. The molecule has 0 spiro atoms. The van der Waals surface area contributed by atoms with Crippen LogP contribution >= 0.6 is 0 Å². The van der Waals surface area contributed by atoms with Crippen LogP contribution in [0.25, 0.3) is 0 Å². The van der Waals surface area contributed by atoms with Crippen molar-refractivity contribution in [3.63, 3.8) is 0 Å². The van der Waals surface area contributed by atoms with E-state index >= 15 is 0 Å². The van der Waals surface area contributed by atoms with Crippen LogP contribution in [0.4, 0.5) is 5.69 Å². The number of nitrogens with zero attached hydrogens (tertiary/aromatic N) is 2. The van der Waals surface area contributed by atoms with Gasteiger partial charge in [0, 0.05) is 18.7 Å². The molecule has 1 aromatic carbocycles. The minimum Gasteiger partial charge on any atom is -0.409 e. The molecule has 1 rings (SSSR count). The number of hydrogen-bond donors (Lipinski definition) is 3. The molecule has 0 amide bonds. The molecule has 0 aromatic heterocycles. The summed E-state index contributed by atoms with van der Waals surface area (Å²) < 4.78 is 0. The second-order valence-corrected chi connectivity index (χ2v) is 3.12. The van der Waals surface area contributed by atoms with Gasteiger partial charge in [-0.2, -0.15) is 0 Å². The number of nitro groups is 1. The first-order chi connectivity index (χ1) is 7.63. The lowest BCUT2D eigenvalue weighted by Gasteiger charge is -2.03. The van der Waals surface area contributed by atoms with Crippen molar-refractivity contribution in [1.82, 2.24) is 5.32 Å². The molecular formula is C9H12N4O3. The van der Waals surface area contributed by atoms with Gasteiger partial charge in [0.1, 0.15) is 0 Å². The lowest BCUT2D eigenvalue weighted by Crippen LogP contribution is -2.28. The van der Waals surface area contributed by atoms with E-state index in [9.17, 15) is 10.1 Å². The molecule has 7 nitrogen and oxygen atoms in total. The summed E-state index contributed by atoms with van der Waals surface area (Å²) in [7, 11) is 0. The van der Waals surface area contributed by atoms with Crippen molar-refractivity contribution >= 4 is 11.5 Å². The minimum absolute atomic E-state index is 0.0557.